The van der Waals surface area contributed by atoms with Gasteiger partial charge in [-0.3, -0.25) is 0 Å². The number of aromatic nitrogens is 3. The van der Waals surface area contributed by atoms with E-state index in [1.54, 1.807) is 0 Å². The molecule has 0 amide bonds. The fraction of sp³-hybridized carbons (Fsp3) is 0.300. The Morgan fingerprint density at radius 3 is 2.54 bits per heavy atom. The highest BCUT2D eigenvalue weighted by Gasteiger charge is 2.13. The SMILES string of the molecule is Cc1cc(Nc2cccc(N3CCCCC3)n2)n(-c2ccc(Cl)cc2)n1. The maximum absolute atomic E-state index is 6.01. The molecule has 0 bridgehead atoms. The van der Waals surface area contributed by atoms with E-state index in [2.05, 4.69) is 27.4 Å². The molecule has 0 spiro atoms. The third kappa shape index (κ3) is 3.68. The molecular weight excluding hydrogens is 346 g/mol. The summed E-state index contributed by atoms with van der Waals surface area (Å²) in [6.07, 6.45) is 3.79. The number of nitrogens with zero attached hydrogens (tertiary/aromatic N) is 4. The van der Waals surface area contributed by atoms with Crippen molar-refractivity contribution in [3.8, 4) is 5.69 Å². The quantitative estimate of drug-likeness (QED) is 0.707. The first-order chi connectivity index (χ1) is 12.7. The number of pyridine rings is 1. The highest BCUT2D eigenvalue weighted by Crippen LogP contribution is 2.24. The Hall–Kier alpha value is -2.53. The van der Waals surface area contributed by atoms with Gasteiger partial charge in [-0.15, -0.1) is 0 Å². The monoisotopic (exact) mass is 367 g/mol. The lowest BCUT2D eigenvalue weighted by Crippen LogP contribution is -2.30. The number of aryl methyl sites for hydroxylation is 1. The number of rotatable bonds is 4. The Bertz CT molecular complexity index is 881. The zero-order valence-electron chi connectivity index (χ0n) is 14.8. The molecule has 2 aromatic heterocycles. The van der Waals surface area contributed by atoms with E-state index in [0.717, 1.165) is 41.9 Å². The van der Waals surface area contributed by atoms with Crippen LogP contribution in [0.4, 0.5) is 17.5 Å². The van der Waals surface area contributed by atoms with Crippen molar-refractivity contribution in [1.82, 2.24) is 14.8 Å². The second-order valence-corrected chi connectivity index (χ2v) is 7.05. The molecule has 1 aliphatic rings. The van der Waals surface area contributed by atoms with Gasteiger partial charge in [0.25, 0.3) is 0 Å². The van der Waals surface area contributed by atoms with Gasteiger partial charge in [-0.25, -0.2) is 9.67 Å². The van der Waals surface area contributed by atoms with E-state index in [-0.39, 0.29) is 0 Å². The van der Waals surface area contributed by atoms with Gasteiger partial charge in [0.05, 0.1) is 11.4 Å². The second-order valence-electron chi connectivity index (χ2n) is 6.61. The Labute approximate surface area is 158 Å². The molecule has 5 nitrogen and oxygen atoms in total. The third-order valence-electron chi connectivity index (χ3n) is 4.57. The second kappa shape index (κ2) is 7.38. The molecule has 3 aromatic rings. The zero-order valence-corrected chi connectivity index (χ0v) is 15.6. The summed E-state index contributed by atoms with van der Waals surface area (Å²) in [7, 11) is 0. The number of piperidine rings is 1. The summed E-state index contributed by atoms with van der Waals surface area (Å²) >= 11 is 6.01. The van der Waals surface area contributed by atoms with Gasteiger partial charge in [0, 0.05) is 24.2 Å². The highest BCUT2D eigenvalue weighted by atomic mass is 35.5. The molecule has 1 saturated heterocycles. The lowest BCUT2D eigenvalue weighted by molar-refractivity contribution is 0.573. The van der Waals surface area contributed by atoms with Crippen LogP contribution < -0.4 is 10.2 Å². The van der Waals surface area contributed by atoms with Crippen molar-refractivity contribution in [2.24, 2.45) is 0 Å². The topological polar surface area (TPSA) is 46.0 Å². The van der Waals surface area contributed by atoms with Crippen LogP contribution in [0.1, 0.15) is 25.0 Å². The van der Waals surface area contributed by atoms with Gasteiger partial charge in [-0.2, -0.15) is 5.10 Å². The normalized spacial score (nSPS) is 14.5. The van der Waals surface area contributed by atoms with Crippen LogP contribution in [0, 0.1) is 6.92 Å². The lowest BCUT2D eigenvalue weighted by atomic mass is 10.1. The molecule has 0 aliphatic carbocycles. The van der Waals surface area contributed by atoms with E-state index in [1.807, 2.05) is 48.0 Å². The first-order valence-electron chi connectivity index (χ1n) is 9.01. The molecular formula is C20H22ClN5. The van der Waals surface area contributed by atoms with Crippen LogP contribution in [0.5, 0.6) is 0 Å². The van der Waals surface area contributed by atoms with Gasteiger partial charge in [0.1, 0.15) is 17.5 Å². The molecule has 0 atom stereocenters. The fourth-order valence-electron chi connectivity index (χ4n) is 3.29. The number of hydrogen-bond donors (Lipinski definition) is 1. The predicted octanol–water partition coefficient (Wildman–Crippen LogP) is 4.96. The minimum Gasteiger partial charge on any atom is -0.357 e. The van der Waals surface area contributed by atoms with Crippen LogP contribution >= 0.6 is 11.6 Å². The number of benzene rings is 1. The Balaban J connectivity index is 1.60. The summed E-state index contributed by atoms with van der Waals surface area (Å²) in [4.78, 5) is 7.16. The molecule has 1 aromatic carbocycles. The van der Waals surface area contributed by atoms with Crippen molar-refractivity contribution in [1.29, 1.82) is 0 Å². The smallest absolute Gasteiger partial charge is 0.135 e. The minimum atomic E-state index is 0.711. The summed E-state index contributed by atoms with van der Waals surface area (Å²) in [6, 6.07) is 15.8. The van der Waals surface area contributed by atoms with Crippen LogP contribution in [0.25, 0.3) is 5.69 Å². The summed E-state index contributed by atoms with van der Waals surface area (Å²) in [6.45, 7) is 4.14. The molecule has 4 rings (SSSR count). The van der Waals surface area contributed by atoms with Crippen LogP contribution in [-0.4, -0.2) is 27.9 Å². The number of halogens is 1. The van der Waals surface area contributed by atoms with E-state index in [9.17, 15) is 0 Å². The Morgan fingerprint density at radius 2 is 1.77 bits per heavy atom. The highest BCUT2D eigenvalue weighted by molar-refractivity contribution is 6.30. The molecule has 3 heterocycles. The van der Waals surface area contributed by atoms with Gasteiger partial charge in [0.2, 0.25) is 0 Å². The summed E-state index contributed by atoms with van der Waals surface area (Å²) in [5, 5.41) is 8.72. The largest absolute Gasteiger partial charge is 0.357 e. The third-order valence-corrected chi connectivity index (χ3v) is 4.83. The molecule has 1 aliphatic heterocycles. The van der Waals surface area contributed by atoms with Crippen molar-refractivity contribution in [3.05, 3.63) is 59.2 Å². The zero-order chi connectivity index (χ0) is 17.9. The van der Waals surface area contributed by atoms with Crippen molar-refractivity contribution in [2.45, 2.75) is 26.2 Å². The van der Waals surface area contributed by atoms with Crippen LogP contribution in [0.3, 0.4) is 0 Å². The van der Waals surface area contributed by atoms with Gasteiger partial charge in [0.15, 0.2) is 0 Å². The number of anilines is 3. The number of nitrogens with one attached hydrogen (secondary N) is 1. The molecule has 6 heteroatoms. The van der Waals surface area contributed by atoms with Crippen molar-refractivity contribution >= 4 is 29.1 Å². The maximum Gasteiger partial charge on any atom is 0.135 e. The van der Waals surface area contributed by atoms with E-state index in [1.165, 1.54) is 19.3 Å². The van der Waals surface area contributed by atoms with Gasteiger partial charge < -0.3 is 10.2 Å². The molecule has 134 valence electrons. The Morgan fingerprint density at radius 1 is 1.00 bits per heavy atom. The van der Waals surface area contributed by atoms with E-state index >= 15 is 0 Å². The maximum atomic E-state index is 6.01. The average molecular weight is 368 g/mol. The van der Waals surface area contributed by atoms with E-state index < -0.39 is 0 Å². The predicted molar refractivity (Wildman–Crippen MR) is 107 cm³/mol. The molecule has 1 N–H and O–H groups in total. The van der Waals surface area contributed by atoms with Gasteiger partial charge in [-0.05, 0) is 62.6 Å². The lowest BCUT2D eigenvalue weighted by Gasteiger charge is -2.28. The summed E-state index contributed by atoms with van der Waals surface area (Å²) in [5.74, 6) is 2.74. The Kier molecular flexibility index (Phi) is 4.80. The molecule has 0 unspecified atom stereocenters. The number of hydrogen-bond acceptors (Lipinski definition) is 4. The van der Waals surface area contributed by atoms with Crippen LogP contribution in [0.15, 0.2) is 48.5 Å². The van der Waals surface area contributed by atoms with Crippen LogP contribution in [0.2, 0.25) is 5.02 Å². The first kappa shape index (κ1) is 16.9. The van der Waals surface area contributed by atoms with E-state index in [0.29, 0.717) is 5.02 Å². The first-order valence-corrected chi connectivity index (χ1v) is 9.38. The molecule has 26 heavy (non-hydrogen) atoms. The van der Waals surface area contributed by atoms with Crippen LogP contribution in [-0.2, 0) is 0 Å². The van der Waals surface area contributed by atoms with Gasteiger partial charge in [-0.1, -0.05) is 17.7 Å². The average Bonchev–Trinajstić information content (AvgIpc) is 3.03. The van der Waals surface area contributed by atoms with E-state index in [4.69, 9.17) is 16.6 Å². The van der Waals surface area contributed by atoms with Crippen molar-refractivity contribution < 1.29 is 0 Å². The van der Waals surface area contributed by atoms with Crippen molar-refractivity contribution in [3.63, 3.8) is 0 Å². The summed E-state index contributed by atoms with van der Waals surface area (Å²) in [5.41, 5.74) is 1.90. The fourth-order valence-corrected chi connectivity index (χ4v) is 3.42. The molecule has 1 fully saturated rings. The molecule has 0 radical (unpaired) electrons. The van der Waals surface area contributed by atoms with Gasteiger partial charge >= 0.3 is 0 Å². The summed E-state index contributed by atoms with van der Waals surface area (Å²) < 4.78 is 1.88. The molecule has 0 saturated carbocycles. The minimum absolute atomic E-state index is 0.711. The standard InChI is InChI=1S/C20H22ClN5/c1-15-14-20(26(24-15)17-10-8-16(21)9-11-17)23-18-6-5-7-19(22-18)25-12-3-2-4-13-25/h5-11,14H,2-4,12-13H2,1H3,(H,22,23). The van der Waals surface area contributed by atoms with Crippen molar-refractivity contribution in [2.75, 3.05) is 23.3 Å².